The Morgan fingerprint density at radius 1 is 0.887 bits per heavy atom. The molecule has 0 saturated carbocycles. The molecule has 17 nitrogen and oxygen atoms in total. The molecule has 19 heteroatoms. The van der Waals surface area contributed by atoms with E-state index in [9.17, 15) is 19.5 Å². The predicted molar refractivity (Wildman–Crippen MR) is 301 cm³/mol. The summed E-state index contributed by atoms with van der Waals surface area (Å²) < 4.78 is 51.4. The fraction of sp³-hybridized carbons (Fsp3) is 0.557. The number of pyridine rings is 1. The first-order chi connectivity index (χ1) is 38.8. The molecule has 10 heterocycles. The summed E-state index contributed by atoms with van der Waals surface area (Å²) in [4.78, 5) is 59.4. The number of carbonyl (C=O) groups is 3. The van der Waals surface area contributed by atoms with Gasteiger partial charge in [-0.3, -0.25) is 24.5 Å². The number of phenols is 1. The lowest BCUT2D eigenvalue weighted by Crippen LogP contribution is -2.43. The summed E-state index contributed by atoms with van der Waals surface area (Å²) in [5, 5.41) is 20.6. The third-order valence-corrected chi connectivity index (χ3v) is 18.7. The summed E-state index contributed by atoms with van der Waals surface area (Å²) in [5.41, 5.74) is 4.64. The van der Waals surface area contributed by atoms with Gasteiger partial charge in [0.1, 0.15) is 35.2 Å². The second kappa shape index (κ2) is 22.3. The maximum Gasteiger partial charge on any atom is 0.409 e. The van der Waals surface area contributed by atoms with Gasteiger partial charge in [0.15, 0.2) is 5.82 Å². The number of hydrogen-bond donors (Lipinski definition) is 2. The highest BCUT2D eigenvalue weighted by molar-refractivity contribution is 6.04. The smallest absolute Gasteiger partial charge is 0.409 e. The molecule has 7 aliphatic rings. The number of hydrogen-bond acceptors (Lipinski definition) is 14. The van der Waals surface area contributed by atoms with Crippen LogP contribution in [0.1, 0.15) is 126 Å². The number of nitrogens with one attached hydrogen (secondary N) is 1. The number of phenolic OH excluding ortho intramolecular Hbond substituents is 1. The molecule has 2 N–H and O–H groups in total. The number of rotatable bonds is 9. The average Bonchev–Trinajstić information content (AvgIpc) is 4.15. The zero-order chi connectivity index (χ0) is 55.4. The summed E-state index contributed by atoms with van der Waals surface area (Å²) >= 11 is 0. The van der Waals surface area contributed by atoms with Crippen molar-refractivity contribution in [1.82, 2.24) is 39.8 Å². The summed E-state index contributed by atoms with van der Waals surface area (Å²) in [5.74, 6) is 0.142. The molecule has 0 bridgehead atoms. The number of likely N-dealkylation sites (tertiary alicyclic amines) is 1. The number of aryl methyl sites for hydroxylation is 2. The van der Waals surface area contributed by atoms with Crippen molar-refractivity contribution in [1.29, 1.82) is 0 Å². The number of nitrogens with zero attached hydrogens (tertiary/aromatic N) is 9. The number of benzene rings is 3. The van der Waals surface area contributed by atoms with Crippen LogP contribution in [0.3, 0.4) is 0 Å². The summed E-state index contributed by atoms with van der Waals surface area (Å²) in [6, 6.07) is 12.7. The maximum absolute atomic E-state index is 17.1. The minimum Gasteiger partial charge on any atom is -0.508 e. The molecule has 0 radical (unpaired) electrons. The van der Waals surface area contributed by atoms with E-state index < -0.39 is 5.82 Å². The van der Waals surface area contributed by atoms with Crippen LogP contribution in [0.4, 0.5) is 25.1 Å². The number of ether oxygens (including phenoxy) is 3. The lowest BCUT2D eigenvalue weighted by atomic mass is 9.83. The number of imide groups is 1. The molecular formula is C61H74F2N10O7. The largest absolute Gasteiger partial charge is 0.508 e. The van der Waals surface area contributed by atoms with Gasteiger partial charge in [-0.25, -0.2) is 18.6 Å². The molecule has 13 rings (SSSR count). The van der Waals surface area contributed by atoms with Crippen LogP contribution in [0.25, 0.3) is 43.8 Å². The van der Waals surface area contributed by atoms with Crippen LogP contribution in [-0.4, -0.2) is 142 Å². The molecule has 6 fully saturated rings. The van der Waals surface area contributed by atoms with Gasteiger partial charge in [-0.05, 0) is 161 Å². The highest BCUT2D eigenvalue weighted by Crippen LogP contribution is 2.46. The fourth-order valence-electron chi connectivity index (χ4n) is 14.5. The van der Waals surface area contributed by atoms with Gasteiger partial charge in [-0.2, -0.15) is 15.1 Å². The topological polar surface area (TPSA) is 181 Å². The van der Waals surface area contributed by atoms with E-state index in [1.165, 1.54) is 44.2 Å². The number of aromatic nitrogens is 5. The van der Waals surface area contributed by atoms with Gasteiger partial charge < -0.3 is 34.0 Å². The Kier molecular flexibility index (Phi) is 15.0. The molecule has 6 saturated heterocycles. The van der Waals surface area contributed by atoms with Crippen molar-refractivity contribution in [2.24, 2.45) is 18.9 Å². The second-order valence-corrected chi connectivity index (χ2v) is 23.6. The van der Waals surface area contributed by atoms with E-state index in [0.29, 0.717) is 83.8 Å². The van der Waals surface area contributed by atoms with E-state index in [-0.39, 0.29) is 70.1 Å². The summed E-state index contributed by atoms with van der Waals surface area (Å²) in [6.45, 7) is 12.2. The van der Waals surface area contributed by atoms with Crippen LogP contribution in [0.2, 0.25) is 0 Å². The van der Waals surface area contributed by atoms with Crippen molar-refractivity contribution in [3.63, 3.8) is 0 Å². The first-order valence-corrected chi connectivity index (χ1v) is 29.3. The first kappa shape index (κ1) is 53.9. The Hall–Kier alpha value is -6.73. The molecule has 424 valence electrons. The number of methoxy groups -OCH3 is 1. The van der Waals surface area contributed by atoms with Crippen LogP contribution in [-0.2, 0) is 32.5 Å². The van der Waals surface area contributed by atoms with E-state index in [4.69, 9.17) is 29.2 Å². The van der Waals surface area contributed by atoms with Gasteiger partial charge in [-0.1, -0.05) is 19.9 Å². The predicted octanol–water partition coefficient (Wildman–Crippen LogP) is 9.68. The Bertz CT molecular complexity index is 3350. The van der Waals surface area contributed by atoms with E-state index in [1.807, 2.05) is 23.6 Å². The summed E-state index contributed by atoms with van der Waals surface area (Å²) in [7, 11) is 3.37. The number of aromatic hydroxyl groups is 1. The first-order valence-electron chi connectivity index (χ1n) is 29.3. The van der Waals surface area contributed by atoms with Crippen LogP contribution in [0.15, 0.2) is 42.5 Å². The molecule has 80 heavy (non-hydrogen) atoms. The number of carbonyl (C=O) groups excluding carboxylic acids is 3. The maximum atomic E-state index is 17.1. The number of halogens is 2. The standard InChI is InChI=1S/C35H39F2N5O3.C26H35N5O4/c1-3-24-26(36)8-7-21-16-23(43)17-25(27(21)24)31-29(37)32-28-30(38-31)20(2)15-22-18-44-14-6-13-42(22)33(28)40-34(39-32)45-19-35-9-4-11-41(35)12-5-10-35;1-29-22-16-19(3-4-20(22)24(28-29)21-5-6-23(32)27-25(21)33)30-11-7-17(8-12-30)15-18-9-13-31(14-10-18)26(34)35-2/h7-8,16-17,20,22,43H,3-6,9-15,18-19H2,1-2H3;3-4,16-18,21H,5-15H2,1-2H3,(H,27,32,33). The minimum atomic E-state index is -0.626. The molecule has 3 aromatic carbocycles. The zero-order valence-electron chi connectivity index (χ0n) is 46.6. The van der Waals surface area contributed by atoms with Gasteiger partial charge >= 0.3 is 12.1 Å². The lowest BCUT2D eigenvalue weighted by Gasteiger charge is -2.37. The highest BCUT2D eigenvalue weighted by atomic mass is 19.1. The molecule has 0 aliphatic carbocycles. The minimum absolute atomic E-state index is 0.0197. The number of amides is 3. The third-order valence-electron chi connectivity index (χ3n) is 18.7. The Morgan fingerprint density at radius 3 is 2.39 bits per heavy atom. The van der Waals surface area contributed by atoms with E-state index in [0.717, 1.165) is 120 Å². The van der Waals surface area contributed by atoms with Gasteiger partial charge in [0.2, 0.25) is 11.8 Å². The number of anilines is 2. The van der Waals surface area contributed by atoms with Crippen molar-refractivity contribution in [3.05, 3.63) is 71.1 Å². The second-order valence-electron chi connectivity index (χ2n) is 23.6. The number of piperidine rings is 3. The van der Waals surface area contributed by atoms with Crippen molar-refractivity contribution >= 4 is 62.0 Å². The fourth-order valence-corrected chi connectivity index (χ4v) is 14.5. The van der Waals surface area contributed by atoms with Crippen molar-refractivity contribution in [2.45, 2.75) is 127 Å². The Balaban J connectivity index is 0.000000165. The zero-order valence-corrected chi connectivity index (χ0v) is 46.6. The lowest BCUT2D eigenvalue weighted by molar-refractivity contribution is -0.134. The van der Waals surface area contributed by atoms with Gasteiger partial charge in [0, 0.05) is 75.4 Å². The molecular weight excluding hydrogens is 1020 g/mol. The SMILES string of the molecule is CCc1c(F)ccc2cc(O)cc(-c3nc4c5c(nc(OCC67CCCN6CCC7)nc5c3F)N3CCCOCC3CC4C)c12.COC(=O)N1CCC(CC2CCN(c3ccc4c(C5CCC(=O)NC5=O)nn(C)c4c3)CC2)CC1. The van der Waals surface area contributed by atoms with Crippen LogP contribution >= 0.6 is 0 Å². The molecule has 3 unspecified atom stereocenters. The molecule has 3 atom stereocenters. The van der Waals surface area contributed by atoms with Crippen LogP contribution < -0.4 is 19.9 Å². The molecule has 6 aromatic rings. The van der Waals surface area contributed by atoms with Crippen LogP contribution in [0, 0.1) is 23.5 Å². The van der Waals surface area contributed by atoms with Crippen LogP contribution in [0.5, 0.6) is 11.8 Å². The number of fused-ring (bicyclic) bond motifs is 5. The average molecular weight is 1100 g/mol. The molecule has 0 spiro atoms. The molecule has 3 amide bonds. The van der Waals surface area contributed by atoms with Crippen molar-refractivity contribution < 1.29 is 42.5 Å². The Labute approximate surface area is 465 Å². The quantitative estimate of drug-likeness (QED) is 0.131. The van der Waals surface area contributed by atoms with Crippen molar-refractivity contribution in [3.8, 4) is 23.0 Å². The summed E-state index contributed by atoms with van der Waals surface area (Å²) in [6.07, 6.45) is 12.8. The normalized spacial score (nSPS) is 22.7. The van der Waals surface area contributed by atoms with E-state index >= 15 is 8.78 Å². The van der Waals surface area contributed by atoms with Crippen molar-refractivity contribution in [2.75, 3.05) is 82.5 Å². The van der Waals surface area contributed by atoms with Gasteiger partial charge in [0.25, 0.3) is 0 Å². The third kappa shape index (κ3) is 10.1. The van der Waals surface area contributed by atoms with E-state index in [2.05, 4.69) is 50.2 Å². The van der Waals surface area contributed by atoms with Gasteiger partial charge in [-0.15, -0.1) is 0 Å². The van der Waals surface area contributed by atoms with E-state index in [1.54, 1.807) is 12.1 Å². The van der Waals surface area contributed by atoms with Gasteiger partial charge in [0.05, 0.1) is 53.5 Å². The Morgan fingerprint density at radius 2 is 1.65 bits per heavy atom. The molecule has 7 aliphatic heterocycles. The monoisotopic (exact) mass is 1100 g/mol. The highest BCUT2D eigenvalue weighted by Gasteiger charge is 2.45. The molecule has 3 aromatic heterocycles.